The monoisotopic (exact) mass is 408 g/mol. The van der Waals surface area contributed by atoms with E-state index in [2.05, 4.69) is 5.32 Å². The highest BCUT2D eigenvalue weighted by molar-refractivity contribution is 7.90. The smallest absolute Gasteiger partial charge is 0.255 e. The zero-order valence-corrected chi connectivity index (χ0v) is 16.4. The van der Waals surface area contributed by atoms with Crippen LogP contribution in [0.3, 0.4) is 0 Å². The number of benzene rings is 2. The Hall–Kier alpha value is -2.23. The quantitative estimate of drug-likeness (QED) is 0.817. The van der Waals surface area contributed by atoms with Crippen LogP contribution in [0.5, 0.6) is 0 Å². The molecule has 1 heterocycles. The van der Waals surface area contributed by atoms with Gasteiger partial charge in [-0.25, -0.2) is 16.8 Å². The van der Waals surface area contributed by atoms with E-state index in [1.54, 1.807) is 0 Å². The molecule has 9 heteroatoms. The van der Waals surface area contributed by atoms with Crippen molar-refractivity contribution < 1.29 is 21.6 Å². The van der Waals surface area contributed by atoms with Gasteiger partial charge in [-0.3, -0.25) is 4.79 Å². The topological polar surface area (TPSA) is 101 Å². The molecule has 1 N–H and O–H groups in total. The molecule has 0 radical (unpaired) electrons. The van der Waals surface area contributed by atoms with Gasteiger partial charge in [-0.05, 0) is 61.4 Å². The third kappa shape index (κ3) is 4.37. The molecule has 0 aliphatic carbocycles. The molecule has 1 amide bonds. The van der Waals surface area contributed by atoms with Crippen molar-refractivity contribution in [3.8, 4) is 0 Å². The fraction of sp³-hybridized carbons (Fsp3) is 0.278. The number of amides is 1. The van der Waals surface area contributed by atoms with Gasteiger partial charge in [-0.1, -0.05) is 0 Å². The van der Waals surface area contributed by atoms with Crippen molar-refractivity contribution in [3.05, 3.63) is 54.1 Å². The van der Waals surface area contributed by atoms with E-state index < -0.39 is 25.8 Å². The maximum Gasteiger partial charge on any atom is 0.255 e. The van der Waals surface area contributed by atoms with E-state index in [1.807, 2.05) is 0 Å². The molecular formula is C18H20N2O5S2. The van der Waals surface area contributed by atoms with Gasteiger partial charge in [-0.2, -0.15) is 4.31 Å². The van der Waals surface area contributed by atoms with E-state index in [9.17, 15) is 21.6 Å². The zero-order chi connectivity index (χ0) is 19.7. The summed E-state index contributed by atoms with van der Waals surface area (Å²) in [5.74, 6) is -0.410. The Kier molecular flexibility index (Phi) is 5.36. The molecule has 0 spiro atoms. The molecule has 0 atom stereocenters. The summed E-state index contributed by atoms with van der Waals surface area (Å²) in [6.07, 6.45) is 2.83. The fourth-order valence-electron chi connectivity index (χ4n) is 2.84. The SMILES string of the molecule is CS(=O)(=O)c1ccc(NC(=O)c2ccc(S(=O)(=O)N3CCCC3)cc2)cc1. The molecule has 1 aliphatic rings. The number of carbonyl (C=O) groups is 1. The van der Waals surface area contributed by atoms with Gasteiger partial charge in [0.1, 0.15) is 0 Å². The molecule has 0 aromatic heterocycles. The first kappa shape index (κ1) is 19.5. The van der Waals surface area contributed by atoms with Gasteiger partial charge in [0.15, 0.2) is 9.84 Å². The summed E-state index contributed by atoms with van der Waals surface area (Å²) in [6, 6.07) is 11.6. The van der Waals surface area contributed by atoms with Crippen LogP contribution in [0.15, 0.2) is 58.3 Å². The van der Waals surface area contributed by atoms with Crippen LogP contribution in [-0.2, 0) is 19.9 Å². The summed E-state index contributed by atoms with van der Waals surface area (Å²) in [7, 11) is -6.81. The summed E-state index contributed by atoms with van der Waals surface area (Å²) in [5, 5.41) is 2.66. The third-order valence-electron chi connectivity index (χ3n) is 4.36. The first-order chi connectivity index (χ1) is 12.7. The molecular weight excluding hydrogens is 388 g/mol. The molecule has 0 unspecified atom stereocenters. The molecule has 0 saturated carbocycles. The van der Waals surface area contributed by atoms with E-state index in [0.717, 1.165) is 19.1 Å². The summed E-state index contributed by atoms with van der Waals surface area (Å²) in [5.41, 5.74) is 0.753. The fourth-order valence-corrected chi connectivity index (χ4v) is 4.99. The van der Waals surface area contributed by atoms with Crippen LogP contribution < -0.4 is 5.32 Å². The van der Waals surface area contributed by atoms with Gasteiger partial charge < -0.3 is 5.32 Å². The third-order valence-corrected chi connectivity index (χ3v) is 7.40. The Bertz CT molecular complexity index is 1040. The highest BCUT2D eigenvalue weighted by atomic mass is 32.2. The van der Waals surface area contributed by atoms with E-state index >= 15 is 0 Å². The average molecular weight is 409 g/mol. The lowest BCUT2D eigenvalue weighted by Crippen LogP contribution is -2.27. The standard InChI is InChI=1S/C18H20N2O5S2/c1-26(22,23)16-10-6-15(7-11-16)19-18(21)14-4-8-17(9-5-14)27(24,25)20-12-2-3-13-20/h4-11H,2-3,12-13H2,1H3,(H,19,21). The maximum absolute atomic E-state index is 12.5. The van der Waals surface area contributed by atoms with Gasteiger partial charge >= 0.3 is 0 Å². The van der Waals surface area contributed by atoms with Crippen LogP contribution in [0.25, 0.3) is 0 Å². The van der Waals surface area contributed by atoms with Crippen molar-refractivity contribution in [1.29, 1.82) is 0 Å². The normalized spacial score (nSPS) is 15.6. The lowest BCUT2D eigenvalue weighted by Gasteiger charge is -2.15. The zero-order valence-electron chi connectivity index (χ0n) is 14.8. The van der Waals surface area contributed by atoms with Crippen molar-refractivity contribution in [3.63, 3.8) is 0 Å². The predicted molar refractivity (Wildman–Crippen MR) is 102 cm³/mol. The van der Waals surface area contributed by atoms with Crippen molar-refractivity contribution in [2.75, 3.05) is 24.7 Å². The Morgan fingerprint density at radius 1 is 0.852 bits per heavy atom. The number of rotatable bonds is 5. The summed E-state index contributed by atoms with van der Waals surface area (Å²) >= 11 is 0. The minimum Gasteiger partial charge on any atom is -0.322 e. The minimum absolute atomic E-state index is 0.164. The van der Waals surface area contributed by atoms with Crippen LogP contribution in [0.4, 0.5) is 5.69 Å². The predicted octanol–water partition coefficient (Wildman–Crippen LogP) is 2.13. The lowest BCUT2D eigenvalue weighted by molar-refractivity contribution is 0.102. The number of hydrogen-bond acceptors (Lipinski definition) is 5. The Balaban J connectivity index is 1.72. The molecule has 27 heavy (non-hydrogen) atoms. The van der Waals surface area contributed by atoms with Gasteiger partial charge in [0, 0.05) is 30.6 Å². The summed E-state index contributed by atoms with van der Waals surface area (Å²) in [4.78, 5) is 12.7. The van der Waals surface area contributed by atoms with Crippen LogP contribution in [0, 0.1) is 0 Å². The molecule has 1 aliphatic heterocycles. The highest BCUT2D eigenvalue weighted by Crippen LogP contribution is 2.21. The molecule has 144 valence electrons. The van der Waals surface area contributed by atoms with E-state index in [4.69, 9.17) is 0 Å². The van der Waals surface area contributed by atoms with Gasteiger partial charge in [0.25, 0.3) is 5.91 Å². The van der Waals surface area contributed by atoms with Crippen LogP contribution in [-0.4, -0.2) is 46.4 Å². The molecule has 1 fully saturated rings. The first-order valence-electron chi connectivity index (χ1n) is 8.40. The molecule has 2 aromatic carbocycles. The molecule has 3 rings (SSSR count). The van der Waals surface area contributed by atoms with Gasteiger partial charge in [0.2, 0.25) is 10.0 Å². The van der Waals surface area contributed by atoms with Crippen LogP contribution >= 0.6 is 0 Å². The number of anilines is 1. The number of nitrogens with zero attached hydrogens (tertiary/aromatic N) is 1. The second kappa shape index (κ2) is 7.41. The first-order valence-corrected chi connectivity index (χ1v) is 11.7. The molecule has 1 saturated heterocycles. The minimum atomic E-state index is -3.51. The van der Waals surface area contributed by atoms with Crippen LogP contribution in [0.2, 0.25) is 0 Å². The maximum atomic E-state index is 12.5. The van der Waals surface area contributed by atoms with Crippen molar-refractivity contribution >= 4 is 31.5 Å². The van der Waals surface area contributed by atoms with Crippen molar-refractivity contribution in [1.82, 2.24) is 4.31 Å². The van der Waals surface area contributed by atoms with Crippen LogP contribution in [0.1, 0.15) is 23.2 Å². The second-order valence-corrected chi connectivity index (χ2v) is 10.3. The van der Waals surface area contributed by atoms with E-state index in [1.165, 1.54) is 52.8 Å². The molecule has 7 nitrogen and oxygen atoms in total. The van der Waals surface area contributed by atoms with Crippen molar-refractivity contribution in [2.24, 2.45) is 0 Å². The molecule has 2 aromatic rings. The number of hydrogen-bond donors (Lipinski definition) is 1. The Morgan fingerprint density at radius 2 is 1.37 bits per heavy atom. The highest BCUT2D eigenvalue weighted by Gasteiger charge is 2.27. The summed E-state index contributed by atoms with van der Waals surface area (Å²) < 4.78 is 49.4. The molecule has 0 bridgehead atoms. The average Bonchev–Trinajstić information content (AvgIpc) is 3.17. The number of sulfonamides is 1. The lowest BCUT2D eigenvalue weighted by atomic mass is 10.2. The van der Waals surface area contributed by atoms with Crippen molar-refractivity contribution in [2.45, 2.75) is 22.6 Å². The van der Waals surface area contributed by atoms with Gasteiger partial charge in [0.05, 0.1) is 9.79 Å². The second-order valence-electron chi connectivity index (χ2n) is 6.39. The number of sulfone groups is 1. The Labute approximate surface area is 159 Å². The number of nitrogens with one attached hydrogen (secondary N) is 1. The largest absolute Gasteiger partial charge is 0.322 e. The summed E-state index contributed by atoms with van der Waals surface area (Å²) in [6.45, 7) is 1.04. The van der Waals surface area contributed by atoms with Gasteiger partial charge in [-0.15, -0.1) is 0 Å². The Morgan fingerprint density at radius 3 is 1.89 bits per heavy atom. The van der Waals surface area contributed by atoms with E-state index in [-0.39, 0.29) is 9.79 Å². The number of carbonyl (C=O) groups excluding carboxylic acids is 1. The van der Waals surface area contributed by atoms with E-state index in [0.29, 0.717) is 24.3 Å².